The molecule has 5 heteroatoms. The van der Waals surface area contributed by atoms with Crippen molar-refractivity contribution in [3.63, 3.8) is 0 Å². The van der Waals surface area contributed by atoms with E-state index in [2.05, 4.69) is 34.4 Å². The molecule has 3 heterocycles. The molecule has 0 amide bonds. The van der Waals surface area contributed by atoms with E-state index in [0.29, 0.717) is 0 Å². The van der Waals surface area contributed by atoms with Gasteiger partial charge in [0.15, 0.2) is 8.58 Å². The minimum absolute atomic E-state index is 0.152. The van der Waals surface area contributed by atoms with Gasteiger partial charge >= 0.3 is 0 Å². The molecule has 2 nitrogen and oxygen atoms in total. The van der Waals surface area contributed by atoms with E-state index in [9.17, 15) is 0 Å². The second kappa shape index (κ2) is 4.20. The van der Waals surface area contributed by atoms with Crippen LogP contribution in [0.1, 0.15) is 5.56 Å². The normalized spacial score (nSPS) is 19.0. The lowest BCUT2D eigenvalue weighted by molar-refractivity contribution is 0.812. The molecule has 0 atom stereocenters. The summed E-state index contributed by atoms with van der Waals surface area (Å²) < 4.78 is 0.972. The maximum atomic E-state index is 5.97. The third-order valence-electron chi connectivity index (χ3n) is 3.12. The van der Waals surface area contributed by atoms with Crippen LogP contribution in [0.15, 0.2) is 59.7 Å². The van der Waals surface area contributed by atoms with Crippen LogP contribution in [0.2, 0.25) is 5.02 Å². The molecule has 19 heavy (non-hydrogen) atoms. The average Bonchev–Trinajstić information content (AvgIpc) is 2.96. The zero-order valence-electron chi connectivity index (χ0n) is 9.79. The van der Waals surface area contributed by atoms with E-state index in [4.69, 9.17) is 11.6 Å². The van der Waals surface area contributed by atoms with Gasteiger partial charge in [-0.15, -0.1) is 0 Å². The molecule has 0 spiro atoms. The Morgan fingerprint density at radius 1 is 0.947 bits per heavy atom. The highest BCUT2D eigenvalue weighted by molar-refractivity contribution is 8.54. The summed E-state index contributed by atoms with van der Waals surface area (Å²) in [5, 5.41) is 7.51. The Bertz CT molecular complexity index is 647. The number of thioether (sulfide) groups is 2. The summed E-state index contributed by atoms with van der Waals surface area (Å²) in [6.45, 7) is 0. The van der Waals surface area contributed by atoms with E-state index in [-0.39, 0.29) is 4.20 Å². The van der Waals surface area contributed by atoms with Crippen molar-refractivity contribution < 1.29 is 0 Å². The van der Waals surface area contributed by atoms with E-state index < -0.39 is 0 Å². The van der Waals surface area contributed by atoms with Crippen molar-refractivity contribution in [2.45, 2.75) is 4.20 Å². The summed E-state index contributed by atoms with van der Waals surface area (Å²) in [5.74, 6) is 0. The number of benzene rings is 2. The molecule has 1 fully saturated rings. The van der Waals surface area contributed by atoms with Gasteiger partial charge < -0.3 is 0 Å². The molecule has 1 saturated heterocycles. The molecule has 94 valence electrons. The number of fused-ring (bicyclic) bond motifs is 1. The molecule has 2 aromatic rings. The minimum Gasteiger partial charge on any atom is -0.232 e. The van der Waals surface area contributed by atoms with Crippen LogP contribution < -0.4 is 5.01 Å². The summed E-state index contributed by atoms with van der Waals surface area (Å²) in [6, 6.07) is 18.3. The highest BCUT2D eigenvalue weighted by Crippen LogP contribution is 2.67. The van der Waals surface area contributed by atoms with Crippen LogP contribution in [0.5, 0.6) is 0 Å². The number of nitrogens with zero attached hydrogens (tertiary/aromatic N) is 2. The van der Waals surface area contributed by atoms with Gasteiger partial charge in [-0.25, -0.2) is 5.01 Å². The lowest BCUT2D eigenvalue weighted by atomic mass is 10.2. The number of halogens is 1. The van der Waals surface area contributed by atoms with E-state index in [1.54, 1.807) is 23.5 Å². The molecular formula is C14H9ClN2S2. The molecule has 0 unspecified atom stereocenters. The number of para-hydroxylation sites is 1. The molecule has 2 aromatic carbocycles. The van der Waals surface area contributed by atoms with Crippen molar-refractivity contribution in [2.24, 2.45) is 5.10 Å². The lowest BCUT2D eigenvalue weighted by Crippen LogP contribution is -2.36. The maximum Gasteiger partial charge on any atom is 0.192 e. The number of rotatable bonds is 2. The molecule has 0 saturated carbocycles. The molecular weight excluding hydrogens is 296 g/mol. The van der Waals surface area contributed by atoms with Crippen LogP contribution in [0.25, 0.3) is 0 Å². The second-order valence-corrected chi connectivity index (χ2v) is 7.62. The van der Waals surface area contributed by atoms with Crippen LogP contribution >= 0.6 is 35.1 Å². The Hall–Kier alpha value is -1.10. The maximum absolute atomic E-state index is 5.97. The summed E-state index contributed by atoms with van der Waals surface area (Å²) in [6.07, 6.45) is 0. The van der Waals surface area contributed by atoms with Gasteiger partial charge in [-0.1, -0.05) is 65.5 Å². The number of anilines is 1. The largest absolute Gasteiger partial charge is 0.232 e. The predicted molar refractivity (Wildman–Crippen MR) is 84.7 cm³/mol. The highest BCUT2D eigenvalue weighted by atomic mass is 35.5. The molecule has 3 aliphatic heterocycles. The lowest BCUT2D eigenvalue weighted by Gasteiger charge is -2.38. The molecule has 0 radical (unpaired) electrons. The Kier molecular flexibility index (Phi) is 2.59. The van der Waals surface area contributed by atoms with Crippen molar-refractivity contribution in [1.29, 1.82) is 0 Å². The molecule has 5 rings (SSSR count). The van der Waals surface area contributed by atoms with E-state index in [0.717, 1.165) is 15.1 Å². The SMILES string of the molecule is Clc1ccc(C23SC(=NN2c2ccccc2)S3)cc1. The molecule has 0 aliphatic carbocycles. The molecule has 2 bridgehead atoms. The summed E-state index contributed by atoms with van der Waals surface area (Å²) >= 11 is 9.57. The zero-order chi connectivity index (χ0) is 12.9. The average molecular weight is 305 g/mol. The Morgan fingerprint density at radius 2 is 1.63 bits per heavy atom. The fraction of sp³-hybridized carbons (Fsp3) is 0.0714. The first-order valence-corrected chi connectivity index (χ1v) is 7.87. The fourth-order valence-corrected chi connectivity index (χ4v) is 5.00. The summed E-state index contributed by atoms with van der Waals surface area (Å²) in [7, 11) is 0. The quantitative estimate of drug-likeness (QED) is 0.798. The Labute approximate surface area is 124 Å². The van der Waals surface area contributed by atoms with Crippen LogP contribution in [0.3, 0.4) is 0 Å². The first-order chi connectivity index (χ1) is 9.28. The number of hydrogen-bond donors (Lipinski definition) is 0. The van der Waals surface area contributed by atoms with Crippen LogP contribution in [-0.2, 0) is 4.20 Å². The third-order valence-corrected chi connectivity index (χ3v) is 6.26. The topological polar surface area (TPSA) is 15.6 Å². The third kappa shape index (κ3) is 1.71. The van der Waals surface area contributed by atoms with E-state index in [1.807, 2.05) is 30.3 Å². The van der Waals surface area contributed by atoms with Gasteiger partial charge in [-0.3, -0.25) is 0 Å². The van der Waals surface area contributed by atoms with Gasteiger partial charge in [-0.2, -0.15) is 5.10 Å². The van der Waals surface area contributed by atoms with Gasteiger partial charge in [0.05, 0.1) is 5.69 Å². The van der Waals surface area contributed by atoms with Crippen molar-refractivity contribution in [2.75, 3.05) is 5.01 Å². The predicted octanol–water partition coefficient (Wildman–Crippen LogP) is 4.72. The molecule has 0 N–H and O–H groups in total. The minimum atomic E-state index is -0.152. The first kappa shape index (κ1) is 11.7. The smallest absolute Gasteiger partial charge is 0.192 e. The number of hydrogen-bond acceptors (Lipinski definition) is 4. The van der Waals surface area contributed by atoms with Crippen LogP contribution in [0.4, 0.5) is 5.69 Å². The summed E-state index contributed by atoms with van der Waals surface area (Å²) in [5.41, 5.74) is 2.34. The van der Waals surface area contributed by atoms with Gasteiger partial charge in [0, 0.05) is 10.6 Å². The van der Waals surface area contributed by atoms with E-state index in [1.165, 1.54) is 5.56 Å². The van der Waals surface area contributed by atoms with Gasteiger partial charge in [0.25, 0.3) is 0 Å². The van der Waals surface area contributed by atoms with Gasteiger partial charge in [0.2, 0.25) is 0 Å². The van der Waals surface area contributed by atoms with Crippen molar-refractivity contribution in [3.8, 4) is 0 Å². The van der Waals surface area contributed by atoms with Crippen molar-refractivity contribution in [1.82, 2.24) is 0 Å². The van der Waals surface area contributed by atoms with Crippen molar-refractivity contribution in [3.05, 3.63) is 65.2 Å². The molecule has 3 aliphatic rings. The van der Waals surface area contributed by atoms with E-state index >= 15 is 0 Å². The second-order valence-electron chi connectivity index (χ2n) is 4.31. The standard InChI is InChI=1S/C14H9ClN2S2/c15-11-8-6-10(7-9-11)14-17(16-13(18-14)19-14)12-4-2-1-3-5-12/h1-9H. The highest BCUT2D eigenvalue weighted by Gasteiger charge is 2.57. The zero-order valence-corrected chi connectivity index (χ0v) is 12.2. The monoisotopic (exact) mass is 304 g/mol. The van der Waals surface area contributed by atoms with Crippen LogP contribution in [-0.4, -0.2) is 4.38 Å². The van der Waals surface area contributed by atoms with Crippen molar-refractivity contribution >= 4 is 45.2 Å². The van der Waals surface area contributed by atoms with Crippen LogP contribution in [0, 0.1) is 0 Å². The molecule has 0 aromatic heterocycles. The van der Waals surface area contributed by atoms with Gasteiger partial charge in [-0.05, 0) is 24.3 Å². The Balaban J connectivity index is 1.77. The fourth-order valence-electron chi connectivity index (χ4n) is 2.22. The Morgan fingerprint density at radius 3 is 2.32 bits per heavy atom. The first-order valence-electron chi connectivity index (χ1n) is 5.86. The summed E-state index contributed by atoms with van der Waals surface area (Å²) in [4.78, 5) is 0. The number of hydrazone groups is 1. The van der Waals surface area contributed by atoms with Gasteiger partial charge in [0.1, 0.15) is 0 Å².